The van der Waals surface area contributed by atoms with E-state index in [2.05, 4.69) is 5.32 Å². The lowest BCUT2D eigenvalue weighted by Crippen LogP contribution is -2.52. The molecule has 1 fully saturated rings. The molecular formula is C26H34ClN3O4S. The largest absolute Gasteiger partial charge is 0.352 e. The first-order valence-electron chi connectivity index (χ1n) is 11.9. The van der Waals surface area contributed by atoms with Gasteiger partial charge in [-0.05, 0) is 62.1 Å². The van der Waals surface area contributed by atoms with E-state index in [9.17, 15) is 18.0 Å². The maximum absolute atomic E-state index is 13.6. The first kappa shape index (κ1) is 27.0. The number of aryl methyl sites for hydroxylation is 1. The molecule has 1 aliphatic carbocycles. The summed E-state index contributed by atoms with van der Waals surface area (Å²) in [5.41, 5.74) is 2.03. The number of nitrogens with one attached hydrogen (secondary N) is 1. The average Bonchev–Trinajstić information content (AvgIpc) is 2.80. The number of hydrogen-bond acceptors (Lipinski definition) is 4. The molecule has 2 aromatic carbocycles. The van der Waals surface area contributed by atoms with Crippen LogP contribution in [-0.4, -0.2) is 50.0 Å². The normalized spacial score (nSPS) is 15.3. The van der Waals surface area contributed by atoms with Gasteiger partial charge in [0.1, 0.15) is 12.6 Å². The fourth-order valence-electron chi connectivity index (χ4n) is 4.38. The van der Waals surface area contributed by atoms with Gasteiger partial charge >= 0.3 is 0 Å². The zero-order valence-electron chi connectivity index (χ0n) is 20.5. The second-order valence-electron chi connectivity index (χ2n) is 9.28. The molecule has 0 saturated heterocycles. The molecule has 1 N–H and O–H groups in total. The van der Waals surface area contributed by atoms with E-state index in [0.717, 1.165) is 47.4 Å². The molecule has 0 aromatic heterocycles. The molecule has 1 aliphatic rings. The molecule has 7 nitrogen and oxygen atoms in total. The van der Waals surface area contributed by atoms with Gasteiger partial charge in [-0.15, -0.1) is 0 Å². The zero-order valence-corrected chi connectivity index (χ0v) is 22.1. The van der Waals surface area contributed by atoms with Crippen LogP contribution in [0.2, 0.25) is 5.02 Å². The lowest BCUT2D eigenvalue weighted by Gasteiger charge is -2.33. The van der Waals surface area contributed by atoms with Crippen LogP contribution >= 0.6 is 11.6 Å². The third-order valence-corrected chi connectivity index (χ3v) is 7.71. The van der Waals surface area contributed by atoms with Gasteiger partial charge in [-0.1, -0.05) is 55.1 Å². The van der Waals surface area contributed by atoms with Crippen LogP contribution in [0.25, 0.3) is 0 Å². The van der Waals surface area contributed by atoms with Crippen LogP contribution in [0.3, 0.4) is 0 Å². The highest BCUT2D eigenvalue weighted by atomic mass is 35.5. The third-order valence-electron chi connectivity index (χ3n) is 6.33. The van der Waals surface area contributed by atoms with E-state index < -0.39 is 28.5 Å². The molecule has 1 saturated carbocycles. The van der Waals surface area contributed by atoms with Crippen molar-refractivity contribution in [3.8, 4) is 0 Å². The summed E-state index contributed by atoms with van der Waals surface area (Å²) >= 11 is 6.15. The number of anilines is 1. The number of halogens is 1. The Kier molecular flexibility index (Phi) is 9.19. The zero-order chi connectivity index (χ0) is 25.6. The third kappa shape index (κ3) is 7.70. The molecule has 190 valence electrons. The summed E-state index contributed by atoms with van der Waals surface area (Å²) in [4.78, 5) is 28.2. The number of sulfonamides is 1. The number of benzene rings is 2. The predicted octanol–water partition coefficient (Wildman–Crippen LogP) is 4.28. The quantitative estimate of drug-likeness (QED) is 0.535. The Hall–Kier alpha value is -2.58. The molecule has 0 unspecified atom stereocenters. The summed E-state index contributed by atoms with van der Waals surface area (Å²) < 4.78 is 26.3. The lowest BCUT2D eigenvalue weighted by atomic mass is 9.95. The monoisotopic (exact) mass is 519 g/mol. The molecule has 2 amide bonds. The van der Waals surface area contributed by atoms with Crippen LogP contribution in [0.1, 0.15) is 50.2 Å². The minimum absolute atomic E-state index is 0.0987. The Balaban J connectivity index is 1.87. The smallest absolute Gasteiger partial charge is 0.244 e. The van der Waals surface area contributed by atoms with Crippen LogP contribution < -0.4 is 9.62 Å². The Bertz CT molecular complexity index is 1150. The number of carbonyl (C=O) groups is 2. The van der Waals surface area contributed by atoms with Crippen molar-refractivity contribution < 1.29 is 18.0 Å². The molecule has 0 heterocycles. The van der Waals surface area contributed by atoms with E-state index >= 15 is 0 Å². The van der Waals surface area contributed by atoms with Crippen molar-refractivity contribution in [2.45, 2.75) is 64.6 Å². The van der Waals surface area contributed by atoms with Crippen molar-refractivity contribution in [2.75, 3.05) is 17.1 Å². The number of nitrogens with zero attached hydrogens (tertiary/aromatic N) is 2. The van der Waals surface area contributed by atoms with E-state index in [1.807, 2.05) is 19.1 Å². The van der Waals surface area contributed by atoms with Crippen LogP contribution in [0.4, 0.5) is 5.69 Å². The number of amides is 2. The van der Waals surface area contributed by atoms with E-state index in [1.165, 1.54) is 11.3 Å². The molecule has 35 heavy (non-hydrogen) atoms. The van der Waals surface area contributed by atoms with Gasteiger partial charge in [0.05, 0.1) is 11.9 Å². The highest BCUT2D eigenvalue weighted by Crippen LogP contribution is 2.22. The van der Waals surface area contributed by atoms with E-state index in [0.29, 0.717) is 10.7 Å². The fraction of sp³-hybridized carbons (Fsp3) is 0.462. The van der Waals surface area contributed by atoms with Crippen molar-refractivity contribution in [1.82, 2.24) is 10.2 Å². The van der Waals surface area contributed by atoms with E-state index in [4.69, 9.17) is 11.6 Å². The van der Waals surface area contributed by atoms with Crippen molar-refractivity contribution >= 4 is 39.1 Å². The molecule has 0 aliphatic heterocycles. The first-order chi connectivity index (χ1) is 16.5. The van der Waals surface area contributed by atoms with Gasteiger partial charge < -0.3 is 10.2 Å². The summed E-state index contributed by atoms with van der Waals surface area (Å²) in [6.07, 6.45) is 6.24. The van der Waals surface area contributed by atoms with Gasteiger partial charge in [0, 0.05) is 17.6 Å². The van der Waals surface area contributed by atoms with Crippen molar-refractivity contribution in [3.63, 3.8) is 0 Å². The van der Waals surface area contributed by atoms with Gasteiger partial charge in [0.15, 0.2) is 0 Å². The average molecular weight is 520 g/mol. The molecule has 1 atom stereocenters. The minimum Gasteiger partial charge on any atom is -0.352 e. The minimum atomic E-state index is -3.75. The number of hydrogen-bond donors (Lipinski definition) is 1. The Morgan fingerprint density at radius 1 is 1.09 bits per heavy atom. The maximum atomic E-state index is 13.6. The van der Waals surface area contributed by atoms with Gasteiger partial charge in [0.25, 0.3) is 0 Å². The number of carbonyl (C=O) groups excluding carboxylic acids is 2. The number of rotatable bonds is 9. The topological polar surface area (TPSA) is 86.8 Å². The van der Waals surface area contributed by atoms with Gasteiger partial charge in [0.2, 0.25) is 21.8 Å². The highest BCUT2D eigenvalue weighted by Gasteiger charge is 2.31. The summed E-state index contributed by atoms with van der Waals surface area (Å²) in [6, 6.07) is 13.4. The molecule has 9 heteroatoms. The molecule has 0 bridgehead atoms. The van der Waals surface area contributed by atoms with E-state index in [-0.39, 0.29) is 18.5 Å². The second kappa shape index (κ2) is 11.9. The summed E-state index contributed by atoms with van der Waals surface area (Å²) in [5, 5.41) is 3.60. The maximum Gasteiger partial charge on any atom is 0.244 e. The molecule has 2 aromatic rings. The van der Waals surface area contributed by atoms with Crippen molar-refractivity contribution in [3.05, 3.63) is 64.7 Å². The molecule has 0 spiro atoms. The van der Waals surface area contributed by atoms with Crippen LogP contribution in [0.15, 0.2) is 48.5 Å². The Labute approximate surface area is 213 Å². The highest BCUT2D eigenvalue weighted by molar-refractivity contribution is 7.92. The van der Waals surface area contributed by atoms with Crippen molar-refractivity contribution in [2.24, 2.45) is 0 Å². The fourth-order valence-corrected chi connectivity index (χ4v) is 5.43. The predicted molar refractivity (Wildman–Crippen MR) is 140 cm³/mol. The standard InChI is InChI=1S/C26H34ClN3O4S/c1-19-9-7-14-24(15-19)30(35(3,33)34)18-25(31)29(17-21-10-8-11-22(27)16-21)20(2)26(32)28-23-12-5-4-6-13-23/h7-11,14-16,20,23H,4-6,12-13,17-18H2,1-3H3,(H,28,32)/t20-/m1/s1. The SMILES string of the molecule is Cc1cccc(N(CC(=O)N(Cc2cccc(Cl)c2)[C@H](C)C(=O)NC2CCCCC2)S(C)(=O)=O)c1. The first-order valence-corrected chi connectivity index (χ1v) is 14.2. The van der Waals surface area contributed by atoms with Crippen LogP contribution in [0.5, 0.6) is 0 Å². The Morgan fingerprint density at radius 3 is 2.40 bits per heavy atom. The van der Waals surface area contributed by atoms with Gasteiger partial charge in [-0.2, -0.15) is 0 Å². The van der Waals surface area contributed by atoms with Gasteiger partial charge in [-0.25, -0.2) is 8.42 Å². The summed E-state index contributed by atoms with van der Waals surface area (Å²) in [7, 11) is -3.75. The molecule has 0 radical (unpaired) electrons. The molecule has 3 rings (SSSR count). The van der Waals surface area contributed by atoms with Crippen molar-refractivity contribution in [1.29, 1.82) is 0 Å². The Morgan fingerprint density at radius 2 is 1.77 bits per heavy atom. The van der Waals surface area contributed by atoms with Crippen LogP contribution in [0, 0.1) is 6.92 Å². The summed E-state index contributed by atoms with van der Waals surface area (Å²) in [6.45, 7) is 3.25. The molecular weight excluding hydrogens is 486 g/mol. The van der Waals surface area contributed by atoms with Crippen LogP contribution in [-0.2, 0) is 26.2 Å². The van der Waals surface area contributed by atoms with E-state index in [1.54, 1.807) is 43.3 Å². The lowest BCUT2D eigenvalue weighted by molar-refractivity contribution is -0.139. The second-order valence-corrected chi connectivity index (χ2v) is 11.6. The summed E-state index contributed by atoms with van der Waals surface area (Å²) in [5.74, 6) is -0.711. The van der Waals surface area contributed by atoms with Gasteiger partial charge in [-0.3, -0.25) is 13.9 Å².